The summed E-state index contributed by atoms with van der Waals surface area (Å²) < 4.78 is 11.0. The summed E-state index contributed by atoms with van der Waals surface area (Å²) in [5.41, 5.74) is 4.43. The van der Waals surface area contributed by atoms with Gasteiger partial charge in [-0.05, 0) is 41.3 Å². The van der Waals surface area contributed by atoms with Gasteiger partial charge in [0.2, 0.25) is 0 Å². The molecule has 5 heteroatoms. The molecule has 3 atom stereocenters. The van der Waals surface area contributed by atoms with Crippen molar-refractivity contribution < 1.29 is 14.3 Å². The number of amides is 1. The molecular weight excluding hydrogens is 388 g/mol. The van der Waals surface area contributed by atoms with Crippen LogP contribution in [0.3, 0.4) is 0 Å². The number of benzene rings is 3. The van der Waals surface area contributed by atoms with Gasteiger partial charge >= 0.3 is 6.09 Å². The molecule has 2 aliphatic rings. The van der Waals surface area contributed by atoms with Crippen LogP contribution in [0.5, 0.6) is 5.75 Å². The molecule has 31 heavy (non-hydrogen) atoms. The first kappa shape index (κ1) is 19.5. The summed E-state index contributed by atoms with van der Waals surface area (Å²) in [7, 11) is 1.68. The number of carbonyl (C=O) groups is 1. The molecule has 0 aliphatic carbocycles. The van der Waals surface area contributed by atoms with Crippen LogP contribution in [0.15, 0.2) is 78.9 Å². The monoisotopic (exact) mass is 414 g/mol. The number of carbonyl (C=O) groups excluding carboxylic acids is 1. The van der Waals surface area contributed by atoms with Crippen LogP contribution in [0.25, 0.3) is 0 Å². The first-order valence-electron chi connectivity index (χ1n) is 10.7. The van der Waals surface area contributed by atoms with Gasteiger partial charge in [0.1, 0.15) is 12.4 Å². The number of likely N-dealkylation sites (tertiary alicyclic amines) is 1. The Balaban J connectivity index is 1.42. The smallest absolute Gasteiger partial charge is 0.410 e. The Kier molecular flexibility index (Phi) is 5.24. The van der Waals surface area contributed by atoms with Crippen LogP contribution in [0, 0.1) is 5.92 Å². The van der Waals surface area contributed by atoms with Crippen LogP contribution < -0.4 is 10.1 Å². The minimum Gasteiger partial charge on any atom is -0.497 e. The number of para-hydroxylation sites is 1. The van der Waals surface area contributed by atoms with Gasteiger partial charge in [0, 0.05) is 18.2 Å². The van der Waals surface area contributed by atoms with Crippen molar-refractivity contribution in [1.82, 2.24) is 4.90 Å². The second kappa shape index (κ2) is 8.34. The highest BCUT2D eigenvalue weighted by Gasteiger charge is 2.46. The van der Waals surface area contributed by atoms with Gasteiger partial charge in [-0.3, -0.25) is 0 Å². The lowest BCUT2D eigenvalue weighted by Crippen LogP contribution is -2.37. The maximum atomic E-state index is 13.1. The largest absolute Gasteiger partial charge is 0.497 e. The summed E-state index contributed by atoms with van der Waals surface area (Å²) in [5, 5.41) is 3.72. The van der Waals surface area contributed by atoms with Crippen LogP contribution in [-0.2, 0) is 11.3 Å². The second-order valence-electron chi connectivity index (χ2n) is 8.11. The van der Waals surface area contributed by atoms with Crippen molar-refractivity contribution in [3.05, 3.63) is 95.6 Å². The van der Waals surface area contributed by atoms with E-state index >= 15 is 0 Å². The van der Waals surface area contributed by atoms with Crippen molar-refractivity contribution in [2.75, 3.05) is 19.0 Å². The standard InChI is InChI=1S/C26H26N2O3/c1-30-20-13-11-19(12-14-20)24-22-15-16-28(25(22)21-9-5-6-10-23(21)27-24)26(29)31-17-18-7-3-2-4-8-18/h2-14,22,24-25,27H,15-17H2,1H3/t22-,24?,25+/m0/s1. The Morgan fingerprint density at radius 1 is 1.00 bits per heavy atom. The van der Waals surface area contributed by atoms with E-state index in [4.69, 9.17) is 9.47 Å². The van der Waals surface area contributed by atoms with E-state index in [-0.39, 0.29) is 30.7 Å². The minimum absolute atomic E-state index is 0.00664. The first-order valence-corrected chi connectivity index (χ1v) is 10.7. The molecule has 2 heterocycles. The number of anilines is 1. The summed E-state index contributed by atoms with van der Waals surface area (Å²) in [6.45, 7) is 0.973. The predicted molar refractivity (Wildman–Crippen MR) is 120 cm³/mol. The Hall–Kier alpha value is -3.47. The fourth-order valence-corrected chi connectivity index (χ4v) is 4.87. The maximum Gasteiger partial charge on any atom is 0.410 e. The molecule has 1 amide bonds. The topological polar surface area (TPSA) is 50.8 Å². The van der Waals surface area contributed by atoms with Gasteiger partial charge in [-0.2, -0.15) is 0 Å². The normalized spacial score (nSPS) is 21.6. The molecule has 1 N–H and O–H groups in total. The average Bonchev–Trinajstić information content (AvgIpc) is 3.28. The van der Waals surface area contributed by atoms with Crippen LogP contribution in [-0.4, -0.2) is 24.6 Å². The van der Waals surface area contributed by atoms with Crippen LogP contribution in [0.2, 0.25) is 0 Å². The molecule has 2 aliphatic heterocycles. The molecule has 0 spiro atoms. The predicted octanol–water partition coefficient (Wildman–Crippen LogP) is 5.56. The van der Waals surface area contributed by atoms with Gasteiger partial charge in [0.05, 0.1) is 19.2 Å². The number of hydrogen-bond acceptors (Lipinski definition) is 4. The van der Waals surface area contributed by atoms with Crippen LogP contribution >= 0.6 is 0 Å². The number of nitrogens with zero attached hydrogens (tertiary/aromatic N) is 1. The highest BCUT2D eigenvalue weighted by Crippen LogP contribution is 2.51. The van der Waals surface area contributed by atoms with E-state index in [9.17, 15) is 4.79 Å². The Morgan fingerprint density at radius 2 is 1.74 bits per heavy atom. The second-order valence-corrected chi connectivity index (χ2v) is 8.11. The number of methoxy groups -OCH3 is 1. The van der Waals surface area contributed by atoms with E-state index in [1.807, 2.05) is 59.5 Å². The van der Waals surface area contributed by atoms with Gasteiger partial charge in [-0.1, -0.05) is 60.7 Å². The molecule has 5 rings (SSSR count). The summed E-state index contributed by atoms with van der Waals surface area (Å²) in [5.74, 6) is 1.11. The molecule has 3 aromatic carbocycles. The van der Waals surface area contributed by atoms with E-state index in [2.05, 4.69) is 29.6 Å². The number of fused-ring (bicyclic) bond motifs is 3. The van der Waals surface area contributed by atoms with E-state index in [0.29, 0.717) is 6.54 Å². The van der Waals surface area contributed by atoms with Crippen molar-refractivity contribution >= 4 is 11.8 Å². The summed E-state index contributed by atoms with van der Waals surface area (Å²) >= 11 is 0. The minimum atomic E-state index is -0.249. The molecule has 0 radical (unpaired) electrons. The van der Waals surface area contributed by atoms with Gasteiger partial charge in [-0.15, -0.1) is 0 Å². The van der Waals surface area contributed by atoms with Gasteiger partial charge in [0.25, 0.3) is 0 Å². The molecule has 1 fully saturated rings. The van der Waals surface area contributed by atoms with E-state index in [1.165, 1.54) is 5.56 Å². The molecule has 0 aromatic heterocycles. The van der Waals surface area contributed by atoms with Gasteiger partial charge in [-0.25, -0.2) is 4.79 Å². The lowest BCUT2D eigenvalue weighted by molar-refractivity contribution is 0.0865. The third kappa shape index (κ3) is 3.72. The summed E-state index contributed by atoms with van der Waals surface area (Å²) in [4.78, 5) is 15.0. The van der Waals surface area contributed by atoms with E-state index < -0.39 is 0 Å². The highest BCUT2D eigenvalue weighted by molar-refractivity contribution is 5.71. The number of nitrogens with one attached hydrogen (secondary N) is 1. The fourth-order valence-electron chi connectivity index (χ4n) is 4.87. The fraction of sp³-hybridized carbons (Fsp3) is 0.269. The van der Waals surface area contributed by atoms with E-state index in [0.717, 1.165) is 29.0 Å². The number of rotatable bonds is 4. The molecule has 0 saturated carbocycles. The van der Waals surface area contributed by atoms with Crippen LogP contribution in [0.4, 0.5) is 10.5 Å². The zero-order valence-electron chi connectivity index (χ0n) is 17.5. The average molecular weight is 415 g/mol. The Bertz CT molecular complexity index is 1050. The highest BCUT2D eigenvalue weighted by atomic mass is 16.6. The summed E-state index contributed by atoms with van der Waals surface area (Å²) in [6, 6.07) is 26.4. The van der Waals surface area contributed by atoms with Crippen molar-refractivity contribution in [3.63, 3.8) is 0 Å². The van der Waals surface area contributed by atoms with Gasteiger partial charge in [0.15, 0.2) is 0 Å². The zero-order valence-corrected chi connectivity index (χ0v) is 17.5. The van der Waals surface area contributed by atoms with Crippen molar-refractivity contribution in [2.24, 2.45) is 5.92 Å². The molecule has 0 bridgehead atoms. The Morgan fingerprint density at radius 3 is 2.52 bits per heavy atom. The molecule has 1 saturated heterocycles. The summed E-state index contributed by atoms with van der Waals surface area (Å²) in [6.07, 6.45) is 0.671. The van der Waals surface area contributed by atoms with Crippen molar-refractivity contribution in [3.8, 4) is 5.75 Å². The molecule has 3 aromatic rings. The molecule has 158 valence electrons. The lowest BCUT2D eigenvalue weighted by Gasteiger charge is -2.39. The molecular formula is C26H26N2O3. The number of ether oxygens (including phenoxy) is 2. The molecule has 1 unspecified atom stereocenters. The third-order valence-electron chi connectivity index (χ3n) is 6.38. The number of hydrogen-bond donors (Lipinski definition) is 1. The SMILES string of the molecule is COc1ccc(C2Nc3ccccc3[C@@H]3[C@H]2CCN3C(=O)OCc2ccccc2)cc1. The van der Waals surface area contributed by atoms with Crippen molar-refractivity contribution in [2.45, 2.75) is 25.1 Å². The zero-order chi connectivity index (χ0) is 21.2. The quantitative estimate of drug-likeness (QED) is 0.607. The molecule has 5 nitrogen and oxygen atoms in total. The maximum absolute atomic E-state index is 13.1. The van der Waals surface area contributed by atoms with Gasteiger partial charge < -0.3 is 19.7 Å². The van der Waals surface area contributed by atoms with Crippen LogP contribution in [0.1, 0.15) is 35.2 Å². The first-order chi connectivity index (χ1) is 15.2. The van der Waals surface area contributed by atoms with E-state index in [1.54, 1.807) is 7.11 Å². The lowest BCUT2D eigenvalue weighted by atomic mass is 9.80. The van der Waals surface area contributed by atoms with Crippen molar-refractivity contribution in [1.29, 1.82) is 0 Å². The Labute approximate surface area is 182 Å². The third-order valence-corrected chi connectivity index (χ3v) is 6.38.